The molecule has 1 unspecified atom stereocenters. The molecule has 0 fully saturated rings. The number of benzene rings is 1. The summed E-state index contributed by atoms with van der Waals surface area (Å²) in [6, 6.07) is 10.2. The van der Waals surface area contributed by atoms with Gasteiger partial charge in [0.1, 0.15) is 5.75 Å². The van der Waals surface area contributed by atoms with Gasteiger partial charge in [-0.2, -0.15) is 0 Å². The van der Waals surface area contributed by atoms with Crippen molar-refractivity contribution in [1.82, 2.24) is 9.97 Å². The molecule has 3 heteroatoms. The van der Waals surface area contributed by atoms with Crippen molar-refractivity contribution in [1.29, 1.82) is 0 Å². The summed E-state index contributed by atoms with van der Waals surface area (Å²) in [4.78, 5) is 9.31. The van der Waals surface area contributed by atoms with Crippen molar-refractivity contribution < 1.29 is 4.74 Å². The lowest BCUT2D eigenvalue weighted by Crippen LogP contribution is -2.03. The van der Waals surface area contributed by atoms with E-state index >= 15 is 0 Å². The largest absolute Gasteiger partial charge is 0.493 e. The Morgan fingerprint density at radius 1 is 0.963 bits per heavy atom. The van der Waals surface area contributed by atoms with E-state index in [9.17, 15) is 0 Å². The summed E-state index contributed by atoms with van der Waals surface area (Å²) in [5.41, 5.74) is 2.12. The van der Waals surface area contributed by atoms with Crippen molar-refractivity contribution in [2.75, 3.05) is 6.61 Å². The first-order valence-corrected chi connectivity index (χ1v) is 10.8. The highest BCUT2D eigenvalue weighted by atomic mass is 16.5. The van der Waals surface area contributed by atoms with E-state index in [1.54, 1.807) is 0 Å². The van der Waals surface area contributed by atoms with Crippen LogP contribution in [-0.2, 0) is 6.42 Å². The Morgan fingerprint density at radius 2 is 1.78 bits per heavy atom. The van der Waals surface area contributed by atoms with Gasteiger partial charge in [0.05, 0.1) is 12.2 Å². The molecule has 0 aliphatic carbocycles. The van der Waals surface area contributed by atoms with E-state index in [0.29, 0.717) is 0 Å². The SMILES string of the molecule is CCCCCCCc1ccnc(-c2ccccc2OCCCC(C)CC)n1. The Hall–Kier alpha value is -1.90. The number of unbranched alkanes of at least 4 members (excludes halogenated alkanes) is 4. The Kier molecular flexibility index (Phi) is 9.89. The lowest BCUT2D eigenvalue weighted by molar-refractivity contribution is 0.295. The van der Waals surface area contributed by atoms with Crippen molar-refractivity contribution in [2.24, 2.45) is 5.92 Å². The average Bonchev–Trinajstić information content (AvgIpc) is 2.71. The first-order valence-electron chi connectivity index (χ1n) is 10.8. The molecule has 2 aromatic rings. The highest BCUT2D eigenvalue weighted by Crippen LogP contribution is 2.27. The van der Waals surface area contributed by atoms with Crippen molar-refractivity contribution in [3.63, 3.8) is 0 Å². The first kappa shape index (κ1) is 21.4. The summed E-state index contributed by atoms with van der Waals surface area (Å²) >= 11 is 0. The first-order chi connectivity index (χ1) is 13.2. The lowest BCUT2D eigenvalue weighted by atomic mass is 10.0. The van der Waals surface area contributed by atoms with Crippen LogP contribution in [0.25, 0.3) is 11.4 Å². The molecule has 0 saturated heterocycles. The quantitative estimate of drug-likeness (QED) is 0.362. The Labute approximate surface area is 165 Å². The van der Waals surface area contributed by atoms with Gasteiger partial charge in [0.25, 0.3) is 0 Å². The summed E-state index contributed by atoms with van der Waals surface area (Å²) in [7, 11) is 0. The third-order valence-electron chi connectivity index (χ3n) is 5.17. The molecule has 148 valence electrons. The number of ether oxygens (including phenoxy) is 1. The molecule has 1 heterocycles. The fraction of sp³-hybridized carbons (Fsp3) is 0.583. The van der Waals surface area contributed by atoms with Crippen LogP contribution < -0.4 is 4.74 Å². The fourth-order valence-electron chi connectivity index (χ4n) is 3.17. The molecular weight excluding hydrogens is 332 g/mol. The molecule has 0 aliphatic heterocycles. The average molecular weight is 369 g/mol. The van der Waals surface area contributed by atoms with Gasteiger partial charge in [0.2, 0.25) is 0 Å². The molecular formula is C24H36N2O. The number of aromatic nitrogens is 2. The van der Waals surface area contributed by atoms with E-state index in [-0.39, 0.29) is 0 Å². The maximum Gasteiger partial charge on any atom is 0.163 e. The summed E-state index contributed by atoms with van der Waals surface area (Å²) < 4.78 is 6.07. The summed E-state index contributed by atoms with van der Waals surface area (Å²) in [6.45, 7) is 7.55. The van der Waals surface area contributed by atoms with Gasteiger partial charge in [0.15, 0.2) is 5.82 Å². The molecule has 0 radical (unpaired) electrons. The highest BCUT2D eigenvalue weighted by Gasteiger charge is 2.10. The second-order valence-electron chi connectivity index (χ2n) is 7.54. The maximum atomic E-state index is 6.07. The zero-order valence-electron chi connectivity index (χ0n) is 17.4. The van der Waals surface area contributed by atoms with Crippen LogP contribution in [0.2, 0.25) is 0 Å². The minimum Gasteiger partial charge on any atom is -0.493 e. The molecule has 0 aliphatic rings. The molecule has 1 atom stereocenters. The van der Waals surface area contributed by atoms with Crippen LogP contribution in [-0.4, -0.2) is 16.6 Å². The fourth-order valence-corrected chi connectivity index (χ4v) is 3.17. The van der Waals surface area contributed by atoms with E-state index in [4.69, 9.17) is 9.72 Å². The monoisotopic (exact) mass is 368 g/mol. The highest BCUT2D eigenvalue weighted by molar-refractivity contribution is 5.63. The summed E-state index contributed by atoms with van der Waals surface area (Å²) in [5, 5.41) is 0. The standard InChI is InChI=1S/C24H36N2O/c1-4-6-7-8-9-14-21-17-18-25-24(26-21)22-15-10-11-16-23(22)27-19-12-13-20(3)5-2/h10-11,15-18,20H,4-9,12-14,19H2,1-3H3. The predicted molar refractivity (Wildman–Crippen MR) is 114 cm³/mol. The molecule has 0 saturated carbocycles. The van der Waals surface area contributed by atoms with Crippen LogP contribution in [0.4, 0.5) is 0 Å². The molecule has 2 rings (SSSR count). The zero-order chi connectivity index (χ0) is 19.3. The van der Waals surface area contributed by atoms with E-state index in [0.717, 1.165) is 48.2 Å². The minimum atomic E-state index is 0.748. The van der Waals surface area contributed by atoms with Gasteiger partial charge in [-0.3, -0.25) is 0 Å². The number of aryl methyl sites for hydroxylation is 1. The van der Waals surface area contributed by atoms with Crippen LogP contribution in [0.5, 0.6) is 5.75 Å². The third-order valence-corrected chi connectivity index (χ3v) is 5.17. The van der Waals surface area contributed by atoms with Crippen LogP contribution in [0, 0.1) is 5.92 Å². The zero-order valence-corrected chi connectivity index (χ0v) is 17.4. The number of hydrogen-bond acceptors (Lipinski definition) is 3. The van der Waals surface area contributed by atoms with Crippen LogP contribution in [0.3, 0.4) is 0 Å². The molecule has 0 N–H and O–H groups in total. The third kappa shape index (κ3) is 7.70. The maximum absolute atomic E-state index is 6.07. The second kappa shape index (κ2) is 12.5. The molecule has 0 amide bonds. The molecule has 1 aromatic heterocycles. The Bertz CT molecular complexity index is 656. The van der Waals surface area contributed by atoms with Gasteiger partial charge in [-0.1, -0.05) is 65.0 Å². The molecule has 0 spiro atoms. The predicted octanol–water partition coefficient (Wildman–Crippen LogP) is 6.86. The van der Waals surface area contributed by atoms with Crippen molar-refractivity contribution in [2.45, 2.75) is 78.6 Å². The summed E-state index contributed by atoms with van der Waals surface area (Å²) in [5.74, 6) is 2.43. The Balaban J connectivity index is 1.95. The Morgan fingerprint density at radius 3 is 2.59 bits per heavy atom. The van der Waals surface area contributed by atoms with E-state index < -0.39 is 0 Å². The molecule has 0 bridgehead atoms. The van der Waals surface area contributed by atoms with E-state index in [2.05, 4.69) is 31.8 Å². The van der Waals surface area contributed by atoms with Crippen LogP contribution >= 0.6 is 0 Å². The van der Waals surface area contributed by atoms with Gasteiger partial charge in [0, 0.05) is 11.9 Å². The molecule has 3 nitrogen and oxygen atoms in total. The molecule has 27 heavy (non-hydrogen) atoms. The normalized spacial score (nSPS) is 12.1. The smallest absolute Gasteiger partial charge is 0.163 e. The summed E-state index contributed by atoms with van der Waals surface area (Å²) in [6.07, 6.45) is 12.8. The van der Waals surface area contributed by atoms with Gasteiger partial charge in [-0.15, -0.1) is 0 Å². The number of rotatable bonds is 13. The lowest BCUT2D eigenvalue weighted by Gasteiger charge is -2.12. The van der Waals surface area contributed by atoms with Crippen LogP contribution in [0.1, 0.15) is 77.8 Å². The topological polar surface area (TPSA) is 35.0 Å². The van der Waals surface area contributed by atoms with Crippen molar-refractivity contribution in [3.8, 4) is 17.1 Å². The van der Waals surface area contributed by atoms with Crippen molar-refractivity contribution in [3.05, 3.63) is 42.2 Å². The van der Waals surface area contributed by atoms with Gasteiger partial charge in [-0.05, 0) is 49.8 Å². The number of nitrogens with zero attached hydrogens (tertiary/aromatic N) is 2. The van der Waals surface area contributed by atoms with Gasteiger partial charge >= 0.3 is 0 Å². The molecule has 1 aromatic carbocycles. The number of hydrogen-bond donors (Lipinski definition) is 0. The van der Waals surface area contributed by atoms with E-state index in [1.165, 1.54) is 44.9 Å². The second-order valence-corrected chi connectivity index (χ2v) is 7.54. The van der Waals surface area contributed by atoms with Gasteiger partial charge in [-0.25, -0.2) is 9.97 Å². The van der Waals surface area contributed by atoms with Crippen molar-refractivity contribution >= 4 is 0 Å². The van der Waals surface area contributed by atoms with E-state index in [1.807, 2.05) is 30.5 Å². The number of para-hydroxylation sites is 1. The van der Waals surface area contributed by atoms with Crippen LogP contribution in [0.15, 0.2) is 36.5 Å². The van der Waals surface area contributed by atoms with Gasteiger partial charge < -0.3 is 4.74 Å². The minimum absolute atomic E-state index is 0.748.